The maximum atomic E-state index is 6.17. The molecule has 0 fully saturated rings. The minimum absolute atomic E-state index is 0.717. The number of hydrogen-bond donors (Lipinski definition) is 1. The summed E-state index contributed by atoms with van der Waals surface area (Å²) in [5, 5.41) is 4.77. The van der Waals surface area contributed by atoms with Gasteiger partial charge in [0.25, 0.3) is 0 Å². The lowest BCUT2D eigenvalue weighted by Gasteiger charge is -2.09. The predicted molar refractivity (Wildman–Crippen MR) is 88.6 cm³/mol. The van der Waals surface area contributed by atoms with Gasteiger partial charge in [-0.15, -0.1) is 0 Å². The first-order valence-corrected chi connectivity index (χ1v) is 7.82. The number of halogens is 2. The number of thiazole rings is 1. The second-order valence-electron chi connectivity index (χ2n) is 4.08. The molecule has 0 aliphatic carbocycles. The number of fused-ring (bicyclic) bond motifs is 1. The van der Waals surface area contributed by atoms with Crippen molar-refractivity contribution in [3.05, 3.63) is 45.9 Å². The number of aromatic nitrogens is 1. The molecule has 0 atom stereocenters. The fourth-order valence-corrected chi connectivity index (χ4v) is 3.39. The summed E-state index contributed by atoms with van der Waals surface area (Å²) in [5.41, 5.74) is 1.75. The first-order chi connectivity index (χ1) is 9.67. The molecule has 2 aromatic carbocycles. The van der Waals surface area contributed by atoms with Crippen molar-refractivity contribution in [2.75, 3.05) is 12.4 Å². The zero-order chi connectivity index (χ0) is 14.1. The van der Waals surface area contributed by atoms with Gasteiger partial charge in [-0.05, 0) is 30.3 Å². The van der Waals surface area contributed by atoms with Gasteiger partial charge in [-0.1, -0.05) is 44.9 Å². The van der Waals surface area contributed by atoms with Crippen molar-refractivity contribution in [3.63, 3.8) is 0 Å². The summed E-state index contributed by atoms with van der Waals surface area (Å²) in [6, 6.07) is 11.5. The Kier molecular flexibility index (Phi) is 3.83. The quantitative estimate of drug-likeness (QED) is 0.665. The van der Waals surface area contributed by atoms with Crippen LogP contribution in [-0.4, -0.2) is 12.1 Å². The summed E-state index contributed by atoms with van der Waals surface area (Å²) in [7, 11) is 1.64. The smallest absolute Gasteiger partial charge is 0.188 e. The maximum Gasteiger partial charge on any atom is 0.188 e. The fraction of sp³-hybridized carbons (Fsp3) is 0.0714. The summed E-state index contributed by atoms with van der Waals surface area (Å²) in [5.74, 6) is 0.763. The van der Waals surface area contributed by atoms with Crippen LogP contribution in [0.4, 0.5) is 10.8 Å². The number of methoxy groups -OCH3 is 1. The number of anilines is 2. The van der Waals surface area contributed by atoms with E-state index in [1.54, 1.807) is 7.11 Å². The van der Waals surface area contributed by atoms with Crippen molar-refractivity contribution in [2.24, 2.45) is 0 Å². The van der Waals surface area contributed by atoms with Crippen LogP contribution in [0.15, 0.2) is 40.9 Å². The highest BCUT2D eigenvalue weighted by atomic mass is 79.9. The third-order valence-electron chi connectivity index (χ3n) is 2.77. The molecule has 1 N–H and O–H groups in total. The van der Waals surface area contributed by atoms with Gasteiger partial charge in [-0.2, -0.15) is 0 Å². The molecule has 3 rings (SSSR count). The molecule has 0 unspecified atom stereocenters. The van der Waals surface area contributed by atoms with Crippen LogP contribution in [0, 0.1) is 0 Å². The highest BCUT2D eigenvalue weighted by Crippen LogP contribution is 2.36. The first kappa shape index (κ1) is 13.7. The number of hydrogen-bond acceptors (Lipinski definition) is 4. The maximum absolute atomic E-state index is 6.17. The molecule has 20 heavy (non-hydrogen) atoms. The molecule has 6 heteroatoms. The van der Waals surface area contributed by atoms with Crippen LogP contribution < -0.4 is 10.1 Å². The Bertz CT molecular complexity index is 775. The van der Waals surface area contributed by atoms with Crippen LogP contribution in [-0.2, 0) is 0 Å². The van der Waals surface area contributed by atoms with Gasteiger partial charge in [0.1, 0.15) is 5.75 Å². The third-order valence-corrected chi connectivity index (χ3v) is 4.71. The van der Waals surface area contributed by atoms with E-state index in [2.05, 4.69) is 26.2 Å². The third kappa shape index (κ3) is 2.61. The average Bonchev–Trinajstić information content (AvgIpc) is 2.83. The largest absolute Gasteiger partial charge is 0.495 e. The summed E-state index contributed by atoms with van der Waals surface area (Å²) < 4.78 is 7.29. The number of rotatable bonds is 3. The van der Waals surface area contributed by atoms with E-state index >= 15 is 0 Å². The van der Waals surface area contributed by atoms with E-state index in [-0.39, 0.29) is 0 Å². The van der Waals surface area contributed by atoms with Crippen molar-refractivity contribution in [3.8, 4) is 5.75 Å². The van der Waals surface area contributed by atoms with Crippen LogP contribution >= 0.6 is 38.9 Å². The minimum atomic E-state index is 0.717. The molecule has 0 aliphatic heterocycles. The summed E-state index contributed by atoms with van der Waals surface area (Å²) >= 11 is 11.1. The SMILES string of the molecule is COc1ccc(Br)cc1Nc1nc2cccc(Cl)c2s1. The van der Waals surface area contributed by atoms with Crippen LogP contribution in [0.3, 0.4) is 0 Å². The highest BCUT2D eigenvalue weighted by Gasteiger charge is 2.09. The van der Waals surface area contributed by atoms with Crippen LogP contribution in [0.5, 0.6) is 5.75 Å². The van der Waals surface area contributed by atoms with Crippen molar-refractivity contribution < 1.29 is 4.74 Å². The Morgan fingerprint density at radius 3 is 2.90 bits per heavy atom. The van der Waals surface area contributed by atoms with Crippen LogP contribution in [0.1, 0.15) is 0 Å². The molecular formula is C14H10BrClN2OS. The van der Waals surface area contributed by atoms with E-state index in [9.17, 15) is 0 Å². The fourth-order valence-electron chi connectivity index (χ4n) is 1.86. The lowest BCUT2D eigenvalue weighted by atomic mass is 10.3. The molecule has 0 aliphatic rings. The number of ether oxygens (including phenoxy) is 1. The first-order valence-electron chi connectivity index (χ1n) is 5.83. The Morgan fingerprint density at radius 2 is 2.15 bits per heavy atom. The molecule has 1 heterocycles. The topological polar surface area (TPSA) is 34.1 Å². The molecule has 0 spiro atoms. The van der Waals surface area contributed by atoms with Gasteiger partial charge in [0, 0.05) is 4.47 Å². The van der Waals surface area contributed by atoms with Gasteiger partial charge in [0.2, 0.25) is 0 Å². The second kappa shape index (κ2) is 5.60. The lowest BCUT2D eigenvalue weighted by molar-refractivity contribution is 0.417. The summed E-state index contributed by atoms with van der Waals surface area (Å²) in [4.78, 5) is 4.53. The molecule has 0 amide bonds. The molecule has 0 saturated heterocycles. The monoisotopic (exact) mass is 368 g/mol. The zero-order valence-electron chi connectivity index (χ0n) is 10.5. The van der Waals surface area contributed by atoms with E-state index in [4.69, 9.17) is 16.3 Å². The van der Waals surface area contributed by atoms with E-state index in [0.29, 0.717) is 5.02 Å². The van der Waals surface area contributed by atoms with Gasteiger partial charge < -0.3 is 10.1 Å². The van der Waals surface area contributed by atoms with Crippen molar-refractivity contribution in [2.45, 2.75) is 0 Å². The van der Waals surface area contributed by atoms with E-state index in [0.717, 1.165) is 31.3 Å². The van der Waals surface area contributed by atoms with Crippen molar-refractivity contribution >= 4 is 59.9 Å². The van der Waals surface area contributed by atoms with Gasteiger partial charge in [0.15, 0.2) is 5.13 Å². The van der Waals surface area contributed by atoms with Crippen molar-refractivity contribution in [1.29, 1.82) is 0 Å². The molecule has 0 saturated carbocycles. The van der Waals surface area contributed by atoms with Gasteiger partial charge in [-0.3, -0.25) is 0 Å². The Labute approximate surface area is 133 Å². The van der Waals surface area contributed by atoms with Gasteiger partial charge in [0.05, 0.1) is 28.0 Å². The molecular weight excluding hydrogens is 360 g/mol. The van der Waals surface area contributed by atoms with Crippen LogP contribution in [0.2, 0.25) is 5.02 Å². The average molecular weight is 370 g/mol. The molecule has 1 aromatic heterocycles. The van der Waals surface area contributed by atoms with Crippen LogP contribution in [0.25, 0.3) is 10.2 Å². The van der Waals surface area contributed by atoms with Gasteiger partial charge in [-0.25, -0.2) is 4.98 Å². The number of nitrogens with zero attached hydrogens (tertiary/aromatic N) is 1. The summed E-state index contributed by atoms with van der Waals surface area (Å²) in [6.07, 6.45) is 0. The Morgan fingerprint density at radius 1 is 1.30 bits per heavy atom. The predicted octanol–water partition coefficient (Wildman–Crippen LogP) is 5.46. The zero-order valence-corrected chi connectivity index (χ0v) is 13.6. The van der Waals surface area contributed by atoms with Crippen molar-refractivity contribution in [1.82, 2.24) is 4.98 Å². The molecule has 102 valence electrons. The Balaban J connectivity index is 2.01. The lowest BCUT2D eigenvalue weighted by Crippen LogP contribution is -1.93. The summed E-state index contributed by atoms with van der Waals surface area (Å²) in [6.45, 7) is 0. The molecule has 3 nitrogen and oxygen atoms in total. The van der Waals surface area contributed by atoms with E-state index in [1.807, 2.05) is 36.4 Å². The second-order valence-corrected chi connectivity index (χ2v) is 6.40. The number of nitrogens with one attached hydrogen (secondary N) is 1. The molecule has 0 bridgehead atoms. The highest BCUT2D eigenvalue weighted by molar-refractivity contribution is 9.10. The minimum Gasteiger partial charge on any atom is -0.495 e. The molecule has 0 radical (unpaired) electrons. The van der Waals surface area contributed by atoms with E-state index < -0.39 is 0 Å². The molecule has 3 aromatic rings. The normalized spacial score (nSPS) is 10.8. The van der Waals surface area contributed by atoms with E-state index in [1.165, 1.54) is 11.3 Å². The Hall–Kier alpha value is -1.30. The number of benzene rings is 2. The van der Waals surface area contributed by atoms with Gasteiger partial charge >= 0.3 is 0 Å². The standard InChI is InChI=1S/C14H10BrClN2OS/c1-19-12-6-5-8(15)7-11(12)18-14-17-10-4-2-3-9(16)13(10)20-14/h2-7H,1H3,(H,17,18).